The SMILES string of the molecule is COc1ccc(Cl)cc1NC[C@H]1[C@H](c2ccccc2)C1(C)C. The number of ether oxygens (including phenoxy) is 1. The van der Waals surface area contributed by atoms with Crippen LogP contribution in [0.25, 0.3) is 0 Å². The van der Waals surface area contributed by atoms with Crippen molar-refractivity contribution in [3.8, 4) is 5.75 Å². The first-order valence-corrected chi connectivity index (χ1v) is 8.04. The van der Waals surface area contributed by atoms with Crippen molar-refractivity contribution in [1.29, 1.82) is 0 Å². The Kier molecular flexibility index (Phi) is 4.05. The number of benzene rings is 2. The van der Waals surface area contributed by atoms with Crippen LogP contribution in [0, 0.1) is 11.3 Å². The van der Waals surface area contributed by atoms with Crippen molar-refractivity contribution < 1.29 is 4.74 Å². The van der Waals surface area contributed by atoms with Gasteiger partial charge in [-0.05, 0) is 41.0 Å². The molecule has 0 spiro atoms. The molecule has 2 aromatic rings. The summed E-state index contributed by atoms with van der Waals surface area (Å²) in [5, 5.41) is 4.23. The van der Waals surface area contributed by atoms with Gasteiger partial charge in [-0.15, -0.1) is 0 Å². The smallest absolute Gasteiger partial charge is 0.142 e. The van der Waals surface area contributed by atoms with Gasteiger partial charge >= 0.3 is 0 Å². The predicted octanol–water partition coefficient (Wildman–Crippen LogP) is 5.20. The lowest BCUT2D eigenvalue weighted by atomic mass is 10.0. The fourth-order valence-corrected chi connectivity index (χ4v) is 3.66. The van der Waals surface area contributed by atoms with Crippen LogP contribution in [0.1, 0.15) is 25.3 Å². The molecule has 22 heavy (non-hydrogen) atoms. The molecule has 1 aliphatic rings. The van der Waals surface area contributed by atoms with E-state index in [2.05, 4.69) is 49.5 Å². The summed E-state index contributed by atoms with van der Waals surface area (Å²) in [6.45, 7) is 5.60. The summed E-state index contributed by atoms with van der Waals surface area (Å²) >= 11 is 6.09. The molecule has 1 aliphatic carbocycles. The van der Waals surface area contributed by atoms with Gasteiger partial charge in [0.15, 0.2) is 0 Å². The van der Waals surface area contributed by atoms with Crippen LogP contribution in [0.5, 0.6) is 5.75 Å². The van der Waals surface area contributed by atoms with Crippen molar-refractivity contribution >= 4 is 17.3 Å². The van der Waals surface area contributed by atoms with E-state index in [1.165, 1.54) is 5.56 Å². The van der Waals surface area contributed by atoms with E-state index in [1.54, 1.807) is 7.11 Å². The van der Waals surface area contributed by atoms with Gasteiger partial charge in [0.05, 0.1) is 12.8 Å². The molecule has 0 saturated heterocycles. The van der Waals surface area contributed by atoms with Crippen LogP contribution in [0.2, 0.25) is 5.02 Å². The maximum absolute atomic E-state index is 6.09. The summed E-state index contributed by atoms with van der Waals surface area (Å²) in [6, 6.07) is 16.4. The summed E-state index contributed by atoms with van der Waals surface area (Å²) < 4.78 is 5.40. The standard InChI is InChI=1S/C19H22ClNO/c1-19(2)15(18(19)13-7-5-4-6-8-13)12-21-16-11-14(20)9-10-17(16)22-3/h4-11,15,18,21H,12H2,1-3H3/t15-,18-/m0/s1. The lowest BCUT2D eigenvalue weighted by Gasteiger charge is -2.12. The average molecular weight is 316 g/mol. The van der Waals surface area contributed by atoms with Gasteiger partial charge in [-0.25, -0.2) is 0 Å². The van der Waals surface area contributed by atoms with Crippen LogP contribution >= 0.6 is 11.6 Å². The third-order valence-electron chi connectivity index (χ3n) is 4.88. The maximum atomic E-state index is 6.09. The predicted molar refractivity (Wildman–Crippen MR) is 92.9 cm³/mol. The summed E-state index contributed by atoms with van der Waals surface area (Å²) in [7, 11) is 1.68. The van der Waals surface area contributed by atoms with Crippen molar-refractivity contribution in [1.82, 2.24) is 0 Å². The zero-order valence-corrected chi connectivity index (χ0v) is 14.0. The number of halogens is 1. The van der Waals surface area contributed by atoms with Crippen LogP contribution in [0.4, 0.5) is 5.69 Å². The van der Waals surface area contributed by atoms with Gasteiger partial charge in [0.1, 0.15) is 5.75 Å². The van der Waals surface area contributed by atoms with Crippen molar-refractivity contribution in [2.45, 2.75) is 19.8 Å². The molecule has 2 atom stereocenters. The molecule has 1 saturated carbocycles. The Morgan fingerprint density at radius 3 is 2.55 bits per heavy atom. The zero-order valence-electron chi connectivity index (χ0n) is 13.3. The van der Waals surface area contributed by atoms with Gasteiger partial charge in [0.25, 0.3) is 0 Å². The van der Waals surface area contributed by atoms with Crippen molar-refractivity contribution in [2.75, 3.05) is 19.0 Å². The van der Waals surface area contributed by atoms with Gasteiger partial charge in [-0.2, -0.15) is 0 Å². The fraction of sp³-hybridized carbons (Fsp3) is 0.368. The molecule has 0 heterocycles. The van der Waals surface area contributed by atoms with E-state index in [9.17, 15) is 0 Å². The minimum Gasteiger partial charge on any atom is -0.495 e. The Hall–Kier alpha value is -1.67. The van der Waals surface area contributed by atoms with E-state index < -0.39 is 0 Å². The molecule has 2 nitrogen and oxygen atoms in total. The second kappa shape index (κ2) is 5.85. The normalized spacial score (nSPS) is 22.2. The zero-order chi connectivity index (χ0) is 15.7. The highest BCUT2D eigenvalue weighted by Gasteiger charge is 2.57. The van der Waals surface area contributed by atoms with Gasteiger partial charge < -0.3 is 10.1 Å². The first-order valence-electron chi connectivity index (χ1n) is 7.66. The van der Waals surface area contributed by atoms with E-state index >= 15 is 0 Å². The van der Waals surface area contributed by atoms with E-state index in [-0.39, 0.29) is 0 Å². The van der Waals surface area contributed by atoms with E-state index in [0.29, 0.717) is 17.3 Å². The van der Waals surface area contributed by atoms with Crippen LogP contribution in [-0.2, 0) is 0 Å². The topological polar surface area (TPSA) is 21.3 Å². The third kappa shape index (κ3) is 2.80. The van der Waals surface area contributed by atoms with E-state index in [1.807, 2.05) is 18.2 Å². The Morgan fingerprint density at radius 1 is 1.14 bits per heavy atom. The summed E-state index contributed by atoms with van der Waals surface area (Å²) in [6.07, 6.45) is 0. The number of hydrogen-bond acceptors (Lipinski definition) is 2. The molecular formula is C19H22ClNO. The molecule has 0 aliphatic heterocycles. The first-order chi connectivity index (χ1) is 10.5. The second-order valence-corrected chi connectivity index (χ2v) is 6.98. The second-order valence-electron chi connectivity index (χ2n) is 6.54. The average Bonchev–Trinajstić information content (AvgIpc) is 3.07. The summed E-state index contributed by atoms with van der Waals surface area (Å²) in [5.74, 6) is 2.05. The molecule has 3 heteroatoms. The maximum Gasteiger partial charge on any atom is 0.142 e. The monoisotopic (exact) mass is 315 g/mol. The molecular weight excluding hydrogens is 294 g/mol. The molecule has 116 valence electrons. The highest BCUT2D eigenvalue weighted by Crippen LogP contribution is 2.64. The Balaban J connectivity index is 1.71. The van der Waals surface area contributed by atoms with Crippen LogP contribution in [0.3, 0.4) is 0 Å². The van der Waals surface area contributed by atoms with Gasteiger partial charge in [-0.1, -0.05) is 55.8 Å². The highest BCUT2D eigenvalue weighted by molar-refractivity contribution is 6.30. The van der Waals surface area contributed by atoms with Crippen molar-refractivity contribution in [2.24, 2.45) is 11.3 Å². The number of hydrogen-bond donors (Lipinski definition) is 1. The number of nitrogens with one attached hydrogen (secondary N) is 1. The first kappa shape index (κ1) is 15.2. The number of methoxy groups -OCH3 is 1. The minimum atomic E-state index is 0.320. The fourth-order valence-electron chi connectivity index (χ4n) is 3.49. The number of anilines is 1. The van der Waals surface area contributed by atoms with Gasteiger partial charge in [0.2, 0.25) is 0 Å². The molecule has 0 bridgehead atoms. The highest BCUT2D eigenvalue weighted by atomic mass is 35.5. The Morgan fingerprint density at radius 2 is 1.86 bits per heavy atom. The Labute approximate surface area is 137 Å². The molecule has 3 rings (SSSR count). The van der Waals surface area contributed by atoms with E-state index in [4.69, 9.17) is 16.3 Å². The lowest BCUT2D eigenvalue weighted by Crippen LogP contribution is -2.08. The van der Waals surface area contributed by atoms with Crippen LogP contribution in [0.15, 0.2) is 48.5 Å². The van der Waals surface area contributed by atoms with Gasteiger partial charge in [-0.3, -0.25) is 0 Å². The van der Waals surface area contributed by atoms with Crippen LogP contribution in [-0.4, -0.2) is 13.7 Å². The minimum absolute atomic E-state index is 0.320. The summed E-state index contributed by atoms with van der Waals surface area (Å²) in [5.41, 5.74) is 2.71. The molecule has 0 aromatic heterocycles. The molecule has 0 radical (unpaired) electrons. The Bertz CT molecular complexity index is 654. The number of rotatable bonds is 5. The van der Waals surface area contributed by atoms with Crippen molar-refractivity contribution in [3.05, 3.63) is 59.1 Å². The largest absolute Gasteiger partial charge is 0.495 e. The van der Waals surface area contributed by atoms with E-state index in [0.717, 1.165) is 23.0 Å². The molecule has 1 fully saturated rings. The van der Waals surface area contributed by atoms with Crippen LogP contribution < -0.4 is 10.1 Å². The summed E-state index contributed by atoms with van der Waals surface area (Å²) in [4.78, 5) is 0. The molecule has 0 amide bonds. The van der Waals surface area contributed by atoms with Gasteiger partial charge in [0, 0.05) is 11.6 Å². The third-order valence-corrected chi connectivity index (χ3v) is 5.12. The van der Waals surface area contributed by atoms with Crippen molar-refractivity contribution in [3.63, 3.8) is 0 Å². The quantitative estimate of drug-likeness (QED) is 0.818. The molecule has 2 aromatic carbocycles. The molecule has 1 N–H and O–H groups in total. The lowest BCUT2D eigenvalue weighted by molar-refractivity contribution is 0.416. The molecule has 0 unspecified atom stereocenters.